The van der Waals surface area contributed by atoms with Crippen molar-refractivity contribution in [1.29, 1.82) is 0 Å². The Morgan fingerprint density at radius 1 is 1.33 bits per heavy atom. The molecule has 0 spiro atoms. The van der Waals surface area contributed by atoms with Crippen LogP contribution in [0.3, 0.4) is 0 Å². The second-order valence-corrected chi connectivity index (χ2v) is 5.64. The zero-order valence-electron chi connectivity index (χ0n) is 12.4. The second-order valence-electron chi connectivity index (χ2n) is 5.64. The number of carbonyl (C=O) groups is 1. The normalized spacial score (nSPS) is 24.1. The molecule has 0 bridgehead atoms. The van der Waals surface area contributed by atoms with Crippen LogP contribution in [0.25, 0.3) is 0 Å². The number of morpholine rings is 1. The van der Waals surface area contributed by atoms with E-state index in [2.05, 4.69) is 5.32 Å². The second kappa shape index (κ2) is 6.45. The van der Waals surface area contributed by atoms with E-state index in [4.69, 9.17) is 9.47 Å². The van der Waals surface area contributed by atoms with E-state index < -0.39 is 0 Å². The molecule has 1 amide bonds. The molecule has 114 valence electrons. The van der Waals surface area contributed by atoms with Gasteiger partial charge in [-0.25, -0.2) is 0 Å². The molecule has 21 heavy (non-hydrogen) atoms. The zero-order valence-corrected chi connectivity index (χ0v) is 12.4. The summed E-state index contributed by atoms with van der Waals surface area (Å²) in [4.78, 5) is 14.0. The number of amides is 1. The highest BCUT2D eigenvalue weighted by molar-refractivity contribution is 5.95. The molecule has 0 aromatic heterocycles. The summed E-state index contributed by atoms with van der Waals surface area (Å²) in [5, 5.41) is 3.37. The molecule has 2 heterocycles. The quantitative estimate of drug-likeness (QED) is 0.915. The number of methoxy groups -OCH3 is 1. The van der Waals surface area contributed by atoms with Crippen molar-refractivity contribution in [1.82, 2.24) is 5.32 Å². The van der Waals surface area contributed by atoms with E-state index in [1.165, 1.54) is 0 Å². The molecule has 2 saturated heterocycles. The highest BCUT2D eigenvalue weighted by Crippen LogP contribution is 2.27. The Kier molecular flexibility index (Phi) is 4.41. The van der Waals surface area contributed by atoms with Gasteiger partial charge in [-0.15, -0.1) is 0 Å². The third-order valence-corrected chi connectivity index (χ3v) is 4.36. The van der Waals surface area contributed by atoms with Crippen LogP contribution in [-0.4, -0.2) is 45.4 Å². The van der Waals surface area contributed by atoms with Gasteiger partial charge in [-0.2, -0.15) is 0 Å². The smallest absolute Gasteiger partial charge is 0.253 e. The molecule has 1 aromatic carbocycles. The molecule has 1 atom stereocenters. The summed E-state index contributed by atoms with van der Waals surface area (Å²) in [6.07, 6.45) is 2.37. The van der Waals surface area contributed by atoms with Crippen molar-refractivity contribution in [3.05, 3.63) is 24.3 Å². The summed E-state index contributed by atoms with van der Waals surface area (Å²) in [5.41, 5.74) is 0.890. The van der Waals surface area contributed by atoms with E-state index in [1.807, 2.05) is 29.2 Å². The average molecular weight is 290 g/mol. The lowest BCUT2D eigenvalue weighted by atomic mass is 9.91. The highest BCUT2D eigenvalue weighted by atomic mass is 16.5. The van der Waals surface area contributed by atoms with Crippen LogP contribution >= 0.6 is 0 Å². The first-order chi connectivity index (χ1) is 10.3. The van der Waals surface area contributed by atoms with Crippen LogP contribution in [0, 0.1) is 5.92 Å². The van der Waals surface area contributed by atoms with Crippen LogP contribution in [0.15, 0.2) is 24.3 Å². The molecule has 0 aliphatic carbocycles. The van der Waals surface area contributed by atoms with Crippen LogP contribution in [0.2, 0.25) is 0 Å². The maximum atomic E-state index is 12.2. The van der Waals surface area contributed by atoms with Crippen molar-refractivity contribution < 1.29 is 14.3 Å². The van der Waals surface area contributed by atoms with E-state index in [0.717, 1.165) is 37.4 Å². The van der Waals surface area contributed by atoms with Crippen molar-refractivity contribution in [3.63, 3.8) is 0 Å². The molecule has 1 unspecified atom stereocenters. The SMILES string of the molecule is COc1cccc(N2CC(C3CCNCC3)OCC2=O)c1. The van der Waals surface area contributed by atoms with Crippen LogP contribution in [0.4, 0.5) is 5.69 Å². The number of anilines is 1. The molecule has 0 radical (unpaired) electrons. The fourth-order valence-corrected chi connectivity index (χ4v) is 3.12. The van der Waals surface area contributed by atoms with Crippen LogP contribution < -0.4 is 15.0 Å². The van der Waals surface area contributed by atoms with Crippen LogP contribution in [-0.2, 0) is 9.53 Å². The van der Waals surface area contributed by atoms with Gasteiger partial charge in [-0.1, -0.05) is 6.07 Å². The molecule has 1 N–H and O–H groups in total. The minimum Gasteiger partial charge on any atom is -0.497 e. The number of benzene rings is 1. The topological polar surface area (TPSA) is 50.8 Å². The lowest BCUT2D eigenvalue weighted by molar-refractivity contribution is -0.131. The lowest BCUT2D eigenvalue weighted by Crippen LogP contribution is -2.51. The predicted octanol–water partition coefficient (Wildman–Crippen LogP) is 1.43. The minimum absolute atomic E-state index is 0.0217. The third-order valence-electron chi connectivity index (χ3n) is 4.36. The molecule has 2 fully saturated rings. The van der Waals surface area contributed by atoms with Crippen molar-refractivity contribution >= 4 is 11.6 Å². The standard InChI is InChI=1S/C16H22N2O3/c1-20-14-4-2-3-13(9-14)18-10-15(21-11-16(18)19)12-5-7-17-8-6-12/h2-4,9,12,15,17H,5-8,10-11H2,1H3. The molecule has 2 aliphatic rings. The Morgan fingerprint density at radius 2 is 2.14 bits per heavy atom. The number of nitrogens with one attached hydrogen (secondary N) is 1. The molecular weight excluding hydrogens is 268 g/mol. The van der Waals surface area contributed by atoms with Crippen molar-refractivity contribution in [2.24, 2.45) is 5.92 Å². The Morgan fingerprint density at radius 3 is 2.90 bits per heavy atom. The molecule has 0 saturated carbocycles. The number of carbonyl (C=O) groups excluding carboxylic acids is 1. The summed E-state index contributed by atoms with van der Waals surface area (Å²) in [7, 11) is 1.64. The largest absolute Gasteiger partial charge is 0.497 e. The Hall–Kier alpha value is -1.59. The number of hydrogen-bond donors (Lipinski definition) is 1. The Labute approximate surface area is 125 Å². The summed E-state index contributed by atoms with van der Waals surface area (Å²) in [6.45, 7) is 2.89. The first-order valence-corrected chi connectivity index (χ1v) is 7.54. The number of nitrogens with zero attached hydrogens (tertiary/aromatic N) is 1. The van der Waals surface area contributed by atoms with Crippen LogP contribution in [0.5, 0.6) is 5.75 Å². The number of rotatable bonds is 3. The van der Waals surface area contributed by atoms with Gasteiger partial charge in [-0.3, -0.25) is 4.79 Å². The van der Waals surface area contributed by atoms with Crippen molar-refractivity contribution in [3.8, 4) is 5.75 Å². The van der Waals surface area contributed by atoms with Gasteiger partial charge in [0.05, 0.1) is 19.8 Å². The molecule has 1 aromatic rings. The number of piperidine rings is 1. The molecular formula is C16H22N2O3. The first-order valence-electron chi connectivity index (χ1n) is 7.54. The molecule has 2 aliphatic heterocycles. The minimum atomic E-state index is 0.0217. The van der Waals surface area contributed by atoms with Gasteiger partial charge < -0.3 is 19.7 Å². The maximum absolute atomic E-state index is 12.2. The fourth-order valence-electron chi connectivity index (χ4n) is 3.12. The predicted molar refractivity (Wildman–Crippen MR) is 80.7 cm³/mol. The van der Waals surface area contributed by atoms with E-state index in [-0.39, 0.29) is 18.6 Å². The van der Waals surface area contributed by atoms with Gasteiger partial charge in [0.25, 0.3) is 5.91 Å². The highest BCUT2D eigenvalue weighted by Gasteiger charge is 2.33. The van der Waals surface area contributed by atoms with Gasteiger partial charge in [0.1, 0.15) is 12.4 Å². The van der Waals surface area contributed by atoms with Gasteiger partial charge in [0.15, 0.2) is 0 Å². The first kappa shape index (κ1) is 14.4. The van der Waals surface area contributed by atoms with Crippen molar-refractivity contribution in [2.75, 3.05) is 38.3 Å². The molecule has 3 rings (SSSR count). The van der Waals surface area contributed by atoms with Gasteiger partial charge in [0, 0.05) is 11.8 Å². The van der Waals surface area contributed by atoms with Crippen molar-refractivity contribution in [2.45, 2.75) is 18.9 Å². The van der Waals surface area contributed by atoms with E-state index >= 15 is 0 Å². The fraction of sp³-hybridized carbons (Fsp3) is 0.562. The zero-order chi connectivity index (χ0) is 14.7. The average Bonchev–Trinajstić information content (AvgIpc) is 2.56. The summed E-state index contributed by atoms with van der Waals surface area (Å²) >= 11 is 0. The summed E-state index contributed by atoms with van der Waals surface area (Å²) in [5.74, 6) is 1.33. The van der Waals surface area contributed by atoms with E-state index in [1.54, 1.807) is 7.11 Å². The monoisotopic (exact) mass is 290 g/mol. The Bertz CT molecular complexity index is 500. The van der Waals surface area contributed by atoms with Crippen LogP contribution in [0.1, 0.15) is 12.8 Å². The molecule has 5 heteroatoms. The van der Waals surface area contributed by atoms with E-state index in [0.29, 0.717) is 12.5 Å². The number of hydrogen-bond acceptors (Lipinski definition) is 4. The maximum Gasteiger partial charge on any atom is 0.253 e. The summed E-state index contributed by atoms with van der Waals surface area (Å²) in [6, 6.07) is 7.66. The third kappa shape index (κ3) is 3.19. The number of ether oxygens (including phenoxy) is 2. The van der Waals surface area contributed by atoms with E-state index in [9.17, 15) is 4.79 Å². The van der Waals surface area contributed by atoms with Gasteiger partial charge in [-0.05, 0) is 44.0 Å². The Balaban J connectivity index is 1.74. The lowest BCUT2D eigenvalue weighted by Gasteiger charge is -2.38. The van der Waals surface area contributed by atoms with Gasteiger partial charge in [0.2, 0.25) is 0 Å². The summed E-state index contributed by atoms with van der Waals surface area (Å²) < 4.78 is 11.0. The van der Waals surface area contributed by atoms with Gasteiger partial charge >= 0.3 is 0 Å². The molecule has 5 nitrogen and oxygen atoms in total.